The van der Waals surface area contributed by atoms with Crippen LogP contribution in [0.25, 0.3) is 17.5 Å². The molecular formula is C20H18N4O. The maximum atomic E-state index is 11.9. The van der Waals surface area contributed by atoms with Crippen molar-refractivity contribution in [3.05, 3.63) is 84.2 Å². The number of carbonyl (C=O) groups excluding carboxylic acids is 1. The molecule has 3 aromatic rings. The van der Waals surface area contributed by atoms with Crippen molar-refractivity contribution in [1.82, 2.24) is 15.4 Å². The molecule has 5 heteroatoms. The Morgan fingerprint density at radius 1 is 0.960 bits per heavy atom. The Bertz CT molecular complexity index is 874. The molecule has 2 aromatic carbocycles. The van der Waals surface area contributed by atoms with Gasteiger partial charge in [0, 0.05) is 29.6 Å². The van der Waals surface area contributed by atoms with E-state index >= 15 is 0 Å². The van der Waals surface area contributed by atoms with Crippen LogP contribution in [-0.2, 0) is 4.79 Å². The largest absolute Gasteiger partial charge is 0.298 e. The van der Waals surface area contributed by atoms with Crippen molar-refractivity contribution >= 4 is 17.7 Å². The van der Waals surface area contributed by atoms with E-state index in [0.717, 1.165) is 22.4 Å². The Hall–Kier alpha value is -3.47. The monoisotopic (exact) mass is 330 g/mol. The van der Waals surface area contributed by atoms with Crippen molar-refractivity contribution in [2.75, 3.05) is 5.43 Å². The van der Waals surface area contributed by atoms with Gasteiger partial charge in [0.1, 0.15) is 0 Å². The maximum absolute atomic E-state index is 11.9. The van der Waals surface area contributed by atoms with Crippen LogP contribution in [0.3, 0.4) is 0 Å². The molecule has 124 valence electrons. The summed E-state index contributed by atoms with van der Waals surface area (Å²) in [7, 11) is 0. The van der Waals surface area contributed by atoms with Gasteiger partial charge in [0.25, 0.3) is 5.91 Å². The average Bonchev–Trinajstić information content (AvgIpc) is 2.67. The van der Waals surface area contributed by atoms with Crippen molar-refractivity contribution in [2.45, 2.75) is 6.92 Å². The highest BCUT2D eigenvalue weighted by atomic mass is 16.2. The van der Waals surface area contributed by atoms with E-state index in [0.29, 0.717) is 5.82 Å². The molecule has 1 heterocycles. The van der Waals surface area contributed by atoms with E-state index in [1.54, 1.807) is 18.5 Å². The second-order valence-electron chi connectivity index (χ2n) is 5.47. The fraction of sp³-hybridized carbons (Fsp3) is 0.0500. The zero-order valence-electron chi connectivity index (χ0n) is 13.8. The van der Waals surface area contributed by atoms with Crippen molar-refractivity contribution in [2.24, 2.45) is 0 Å². The molecule has 0 aliphatic carbocycles. The van der Waals surface area contributed by atoms with Gasteiger partial charge in [-0.25, -0.2) is 9.97 Å². The Kier molecular flexibility index (Phi) is 5.16. The van der Waals surface area contributed by atoms with E-state index in [-0.39, 0.29) is 5.91 Å². The van der Waals surface area contributed by atoms with Gasteiger partial charge >= 0.3 is 0 Å². The predicted octanol–water partition coefficient (Wildman–Crippen LogP) is 3.61. The summed E-state index contributed by atoms with van der Waals surface area (Å²) in [6.07, 6.45) is 6.48. The molecule has 0 bridgehead atoms. The zero-order valence-corrected chi connectivity index (χ0v) is 13.8. The van der Waals surface area contributed by atoms with Crippen molar-refractivity contribution in [1.29, 1.82) is 0 Å². The number of hydrogen-bond acceptors (Lipinski definition) is 4. The van der Waals surface area contributed by atoms with Gasteiger partial charge in [-0.2, -0.15) is 0 Å². The lowest BCUT2D eigenvalue weighted by molar-refractivity contribution is -0.115. The number of hydrazine groups is 1. The molecule has 0 fully saturated rings. The van der Waals surface area contributed by atoms with E-state index in [4.69, 9.17) is 0 Å². The molecule has 0 spiro atoms. The molecule has 0 aliphatic rings. The maximum Gasteiger partial charge on any atom is 0.262 e. The summed E-state index contributed by atoms with van der Waals surface area (Å²) in [5, 5.41) is 0. The van der Waals surface area contributed by atoms with Gasteiger partial charge in [-0.1, -0.05) is 48.5 Å². The molecule has 0 radical (unpaired) electrons. The highest BCUT2D eigenvalue weighted by Gasteiger charge is 2.00. The van der Waals surface area contributed by atoms with E-state index in [1.165, 1.54) is 6.08 Å². The average molecular weight is 330 g/mol. The fourth-order valence-electron chi connectivity index (χ4n) is 2.22. The van der Waals surface area contributed by atoms with Gasteiger partial charge in [0.15, 0.2) is 5.82 Å². The standard InChI is InChI=1S/C20H18N4O/c1-15-7-5-6-10-18(15)23-24-19(25)12-11-16-13-21-20(22-14-16)17-8-3-2-4-9-17/h2-14,23H,1H3,(H,24,25)/b12-11+. The van der Waals surface area contributed by atoms with Gasteiger partial charge in [0.2, 0.25) is 0 Å². The molecule has 0 unspecified atom stereocenters. The summed E-state index contributed by atoms with van der Waals surface area (Å²) in [6, 6.07) is 17.5. The number of benzene rings is 2. The third kappa shape index (κ3) is 4.51. The molecule has 0 saturated carbocycles. The predicted molar refractivity (Wildman–Crippen MR) is 99.4 cm³/mol. The van der Waals surface area contributed by atoms with Crippen molar-refractivity contribution in [3.8, 4) is 11.4 Å². The number of para-hydroxylation sites is 1. The number of carbonyl (C=O) groups is 1. The third-order valence-electron chi connectivity index (χ3n) is 3.60. The van der Waals surface area contributed by atoms with Crippen LogP contribution in [-0.4, -0.2) is 15.9 Å². The molecule has 0 atom stereocenters. The Labute approximate surface area is 146 Å². The van der Waals surface area contributed by atoms with Crippen molar-refractivity contribution in [3.63, 3.8) is 0 Å². The summed E-state index contributed by atoms with van der Waals surface area (Å²) in [6.45, 7) is 1.97. The van der Waals surface area contributed by atoms with Gasteiger partial charge in [0.05, 0.1) is 5.69 Å². The molecule has 1 aromatic heterocycles. The van der Waals surface area contributed by atoms with Crippen LogP contribution >= 0.6 is 0 Å². The van der Waals surface area contributed by atoms with E-state index in [2.05, 4.69) is 20.8 Å². The van der Waals surface area contributed by atoms with E-state index < -0.39 is 0 Å². The van der Waals surface area contributed by atoms with Crippen molar-refractivity contribution < 1.29 is 4.79 Å². The lowest BCUT2D eigenvalue weighted by Crippen LogP contribution is -2.27. The minimum absolute atomic E-state index is 0.254. The van der Waals surface area contributed by atoms with Crippen LogP contribution in [0.15, 0.2) is 73.1 Å². The second kappa shape index (κ2) is 7.88. The van der Waals surface area contributed by atoms with Gasteiger partial charge in [-0.15, -0.1) is 0 Å². The van der Waals surface area contributed by atoms with Crippen LogP contribution < -0.4 is 10.9 Å². The van der Waals surface area contributed by atoms with Crippen LogP contribution in [0.4, 0.5) is 5.69 Å². The molecule has 5 nitrogen and oxygen atoms in total. The zero-order chi connectivity index (χ0) is 17.5. The van der Waals surface area contributed by atoms with Gasteiger partial charge in [-0.3, -0.25) is 15.6 Å². The lowest BCUT2D eigenvalue weighted by Gasteiger charge is -2.08. The summed E-state index contributed by atoms with van der Waals surface area (Å²) >= 11 is 0. The normalized spacial score (nSPS) is 10.6. The number of anilines is 1. The Morgan fingerprint density at radius 3 is 2.36 bits per heavy atom. The minimum atomic E-state index is -0.254. The number of hydrogen-bond donors (Lipinski definition) is 2. The number of rotatable bonds is 5. The number of nitrogens with one attached hydrogen (secondary N) is 2. The molecule has 0 aliphatic heterocycles. The molecular weight excluding hydrogens is 312 g/mol. The topological polar surface area (TPSA) is 66.9 Å². The van der Waals surface area contributed by atoms with E-state index in [9.17, 15) is 4.79 Å². The van der Waals surface area contributed by atoms with Crippen LogP contribution in [0.1, 0.15) is 11.1 Å². The third-order valence-corrected chi connectivity index (χ3v) is 3.60. The van der Waals surface area contributed by atoms with Gasteiger partial charge < -0.3 is 0 Å². The Balaban J connectivity index is 1.58. The summed E-state index contributed by atoms with van der Waals surface area (Å²) in [5.41, 5.74) is 9.15. The fourth-order valence-corrected chi connectivity index (χ4v) is 2.22. The first kappa shape index (κ1) is 16.4. The minimum Gasteiger partial charge on any atom is -0.298 e. The quantitative estimate of drug-likeness (QED) is 0.554. The van der Waals surface area contributed by atoms with E-state index in [1.807, 2.05) is 61.5 Å². The lowest BCUT2D eigenvalue weighted by atomic mass is 10.2. The Morgan fingerprint density at radius 2 is 1.64 bits per heavy atom. The number of aryl methyl sites for hydroxylation is 1. The highest BCUT2D eigenvalue weighted by Crippen LogP contribution is 2.14. The number of aromatic nitrogens is 2. The van der Waals surface area contributed by atoms with Crippen LogP contribution in [0.5, 0.6) is 0 Å². The first-order valence-electron chi connectivity index (χ1n) is 7.89. The molecule has 2 N–H and O–H groups in total. The smallest absolute Gasteiger partial charge is 0.262 e. The molecule has 25 heavy (non-hydrogen) atoms. The van der Waals surface area contributed by atoms with Crippen LogP contribution in [0.2, 0.25) is 0 Å². The van der Waals surface area contributed by atoms with Crippen LogP contribution in [0, 0.1) is 6.92 Å². The first-order valence-corrected chi connectivity index (χ1v) is 7.89. The second-order valence-corrected chi connectivity index (χ2v) is 5.47. The SMILES string of the molecule is Cc1ccccc1NNC(=O)/C=C/c1cnc(-c2ccccc2)nc1. The molecule has 0 saturated heterocycles. The van der Waals surface area contributed by atoms with Gasteiger partial charge in [-0.05, 0) is 24.6 Å². The highest BCUT2D eigenvalue weighted by molar-refractivity contribution is 5.92. The number of amides is 1. The molecule has 3 rings (SSSR count). The summed E-state index contributed by atoms with van der Waals surface area (Å²) in [4.78, 5) is 20.5. The first-order chi connectivity index (χ1) is 12.2. The summed E-state index contributed by atoms with van der Waals surface area (Å²) < 4.78 is 0. The number of nitrogens with zero attached hydrogens (tertiary/aromatic N) is 2. The molecule has 1 amide bonds. The summed E-state index contributed by atoms with van der Waals surface area (Å²) in [5.74, 6) is 0.402.